The molecule has 6 heteroatoms. The molecule has 1 unspecified atom stereocenters. The average molecular weight is 414 g/mol. The molecular formula is C24H21F3O3. The normalized spacial score (nSPS) is 11.8. The van der Waals surface area contributed by atoms with E-state index in [9.17, 15) is 18.3 Å². The lowest BCUT2D eigenvalue weighted by molar-refractivity contribution is 0.194. The van der Waals surface area contributed by atoms with E-state index in [0.717, 1.165) is 5.56 Å². The average Bonchev–Trinajstić information content (AvgIpc) is 2.73. The molecule has 0 aromatic heterocycles. The summed E-state index contributed by atoms with van der Waals surface area (Å²) in [7, 11) is 0. The van der Waals surface area contributed by atoms with Crippen molar-refractivity contribution < 1.29 is 27.8 Å². The SMILES string of the molecule is C=CCOc1ccc(-c2ccc(COc3ccc(C(C)O)c(F)c3)cc2)c(F)c1F. The highest BCUT2D eigenvalue weighted by molar-refractivity contribution is 5.65. The summed E-state index contributed by atoms with van der Waals surface area (Å²) in [5, 5.41) is 9.47. The first-order valence-corrected chi connectivity index (χ1v) is 9.32. The van der Waals surface area contributed by atoms with Gasteiger partial charge in [-0.05, 0) is 42.3 Å². The molecule has 0 aliphatic heterocycles. The Hall–Kier alpha value is -3.25. The van der Waals surface area contributed by atoms with Gasteiger partial charge >= 0.3 is 0 Å². The lowest BCUT2D eigenvalue weighted by atomic mass is 10.0. The summed E-state index contributed by atoms with van der Waals surface area (Å²) in [6, 6.07) is 13.8. The zero-order valence-corrected chi connectivity index (χ0v) is 16.4. The molecule has 156 valence electrons. The van der Waals surface area contributed by atoms with Crippen LogP contribution in [-0.2, 0) is 6.61 Å². The molecule has 0 fully saturated rings. The van der Waals surface area contributed by atoms with Crippen LogP contribution >= 0.6 is 0 Å². The fourth-order valence-electron chi connectivity index (χ4n) is 2.90. The third-order valence-electron chi connectivity index (χ3n) is 4.50. The van der Waals surface area contributed by atoms with Crippen molar-refractivity contribution in [3.05, 3.63) is 95.8 Å². The van der Waals surface area contributed by atoms with Crippen molar-refractivity contribution in [2.75, 3.05) is 6.61 Å². The molecule has 0 saturated carbocycles. The van der Waals surface area contributed by atoms with Gasteiger partial charge in [0.1, 0.15) is 24.8 Å². The summed E-state index contributed by atoms with van der Waals surface area (Å²) < 4.78 is 53.2. The molecule has 0 heterocycles. The number of hydrogen-bond acceptors (Lipinski definition) is 3. The summed E-state index contributed by atoms with van der Waals surface area (Å²) in [6.07, 6.45) is 0.543. The number of hydrogen-bond donors (Lipinski definition) is 1. The standard InChI is InChI=1S/C24H21F3O3/c1-3-12-29-22-11-10-20(23(26)24(22)27)17-6-4-16(5-7-17)14-30-18-8-9-19(15(2)28)21(25)13-18/h3-11,13,15,28H,1,12,14H2,2H3. The molecule has 0 spiro atoms. The van der Waals surface area contributed by atoms with Gasteiger partial charge in [0.2, 0.25) is 5.82 Å². The summed E-state index contributed by atoms with van der Waals surface area (Å²) in [6.45, 7) is 5.20. The Morgan fingerprint density at radius 3 is 2.33 bits per heavy atom. The predicted molar refractivity (Wildman–Crippen MR) is 109 cm³/mol. The first kappa shape index (κ1) is 21.5. The molecule has 30 heavy (non-hydrogen) atoms. The van der Waals surface area contributed by atoms with Gasteiger partial charge in [0.15, 0.2) is 11.6 Å². The minimum atomic E-state index is -1.05. The van der Waals surface area contributed by atoms with Crippen LogP contribution in [-0.4, -0.2) is 11.7 Å². The Kier molecular flexibility index (Phi) is 6.79. The predicted octanol–water partition coefficient (Wildman–Crippen LogP) is 5.97. The second-order valence-electron chi connectivity index (χ2n) is 6.68. The number of aliphatic hydroxyl groups is 1. The molecule has 0 bridgehead atoms. The molecule has 3 rings (SSSR count). The maximum absolute atomic E-state index is 14.4. The van der Waals surface area contributed by atoms with Gasteiger partial charge in [0.25, 0.3) is 0 Å². The van der Waals surface area contributed by atoms with Crippen molar-refractivity contribution >= 4 is 0 Å². The molecule has 3 aromatic carbocycles. The first-order chi connectivity index (χ1) is 14.4. The monoisotopic (exact) mass is 414 g/mol. The largest absolute Gasteiger partial charge is 0.489 e. The zero-order valence-electron chi connectivity index (χ0n) is 16.4. The number of rotatable bonds is 8. The van der Waals surface area contributed by atoms with E-state index in [4.69, 9.17) is 9.47 Å². The van der Waals surface area contributed by atoms with Gasteiger partial charge in [-0.3, -0.25) is 0 Å². The summed E-state index contributed by atoms with van der Waals surface area (Å²) >= 11 is 0. The second kappa shape index (κ2) is 9.50. The first-order valence-electron chi connectivity index (χ1n) is 9.32. The topological polar surface area (TPSA) is 38.7 Å². The van der Waals surface area contributed by atoms with Crippen molar-refractivity contribution in [2.45, 2.75) is 19.6 Å². The quantitative estimate of drug-likeness (QED) is 0.462. The Morgan fingerprint density at radius 1 is 0.967 bits per heavy atom. The summed E-state index contributed by atoms with van der Waals surface area (Å²) in [5.41, 5.74) is 1.58. The fourth-order valence-corrected chi connectivity index (χ4v) is 2.90. The Balaban J connectivity index is 1.70. The van der Waals surface area contributed by atoms with E-state index in [2.05, 4.69) is 6.58 Å². The number of benzene rings is 3. The van der Waals surface area contributed by atoms with Crippen LogP contribution in [0.4, 0.5) is 13.2 Å². The third-order valence-corrected chi connectivity index (χ3v) is 4.50. The molecule has 3 aromatic rings. The van der Waals surface area contributed by atoms with Crippen LogP contribution in [0.5, 0.6) is 11.5 Å². The third kappa shape index (κ3) is 4.83. The second-order valence-corrected chi connectivity index (χ2v) is 6.68. The Bertz CT molecular complexity index is 1030. The van der Waals surface area contributed by atoms with Crippen molar-refractivity contribution in [1.29, 1.82) is 0 Å². The van der Waals surface area contributed by atoms with Crippen LogP contribution in [0.1, 0.15) is 24.2 Å². The molecule has 0 amide bonds. The molecule has 1 atom stereocenters. The highest BCUT2D eigenvalue weighted by Gasteiger charge is 2.16. The highest BCUT2D eigenvalue weighted by atomic mass is 19.2. The van der Waals surface area contributed by atoms with E-state index >= 15 is 0 Å². The smallest absolute Gasteiger partial charge is 0.201 e. The number of aliphatic hydroxyl groups excluding tert-OH is 1. The molecule has 0 radical (unpaired) electrons. The van der Waals surface area contributed by atoms with E-state index in [-0.39, 0.29) is 30.1 Å². The van der Waals surface area contributed by atoms with Crippen LogP contribution in [0.3, 0.4) is 0 Å². The summed E-state index contributed by atoms with van der Waals surface area (Å²) in [4.78, 5) is 0. The van der Waals surface area contributed by atoms with Gasteiger partial charge in [-0.25, -0.2) is 8.78 Å². The van der Waals surface area contributed by atoms with Crippen LogP contribution in [0.2, 0.25) is 0 Å². The molecule has 0 saturated heterocycles. The minimum absolute atomic E-state index is 0.0794. The van der Waals surface area contributed by atoms with E-state index in [1.54, 1.807) is 30.3 Å². The molecule has 0 aliphatic rings. The van der Waals surface area contributed by atoms with Gasteiger partial charge in [0.05, 0.1) is 6.10 Å². The van der Waals surface area contributed by atoms with Gasteiger partial charge in [-0.2, -0.15) is 4.39 Å². The van der Waals surface area contributed by atoms with Crippen molar-refractivity contribution in [3.8, 4) is 22.6 Å². The minimum Gasteiger partial charge on any atom is -0.489 e. The lowest BCUT2D eigenvalue weighted by Crippen LogP contribution is -2.00. The van der Waals surface area contributed by atoms with E-state index in [1.807, 2.05) is 0 Å². The maximum Gasteiger partial charge on any atom is 0.201 e. The fraction of sp³-hybridized carbons (Fsp3) is 0.167. The van der Waals surface area contributed by atoms with Crippen molar-refractivity contribution in [1.82, 2.24) is 0 Å². The van der Waals surface area contributed by atoms with Crippen LogP contribution < -0.4 is 9.47 Å². The van der Waals surface area contributed by atoms with Crippen molar-refractivity contribution in [3.63, 3.8) is 0 Å². The van der Waals surface area contributed by atoms with Crippen molar-refractivity contribution in [2.24, 2.45) is 0 Å². The highest BCUT2D eigenvalue weighted by Crippen LogP contribution is 2.30. The van der Waals surface area contributed by atoms with Gasteiger partial charge in [-0.15, -0.1) is 0 Å². The molecule has 3 nitrogen and oxygen atoms in total. The van der Waals surface area contributed by atoms with E-state index in [0.29, 0.717) is 11.3 Å². The Labute approximate surface area is 173 Å². The molecular weight excluding hydrogens is 393 g/mol. The Morgan fingerprint density at radius 2 is 1.70 bits per heavy atom. The summed E-state index contributed by atoms with van der Waals surface area (Å²) in [5.74, 6) is -2.44. The van der Waals surface area contributed by atoms with Crippen LogP contribution in [0.25, 0.3) is 11.1 Å². The molecule has 0 aliphatic carbocycles. The number of halogens is 3. The van der Waals surface area contributed by atoms with Gasteiger partial charge in [0, 0.05) is 17.2 Å². The molecule has 1 N–H and O–H groups in total. The van der Waals surface area contributed by atoms with Gasteiger partial charge < -0.3 is 14.6 Å². The van der Waals surface area contributed by atoms with Crippen LogP contribution in [0, 0.1) is 17.5 Å². The lowest BCUT2D eigenvalue weighted by Gasteiger charge is -2.11. The maximum atomic E-state index is 14.4. The van der Waals surface area contributed by atoms with E-state index < -0.39 is 23.6 Å². The van der Waals surface area contributed by atoms with Crippen LogP contribution in [0.15, 0.2) is 67.3 Å². The number of ether oxygens (including phenoxy) is 2. The van der Waals surface area contributed by atoms with E-state index in [1.165, 1.54) is 37.3 Å². The van der Waals surface area contributed by atoms with Gasteiger partial charge in [-0.1, -0.05) is 36.9 Å². The zero-order chi connectivity index (χ0) is 21.7.